The lowest BCUT2D eigenvalue weighted by Crippen LogP contribution is -2.15. The highest BCUT2D eigenvalue weighted by Gasteiger charge is 2.45. The minimum absolute atomic E-state index is 0.0983. The van der Waals surface area contributed by atoms with Gasteiger partial charge in [0.1, 0.15) is 23.0 Å². The monoisotopic (exact) mass is 406 g/mol. The van der Waals surface area contributed by atoms with Gasteiger partial charge in [0.15, 0.2) is 17.3 Å². The highest BCUT2D eigenvalue weighted by atomic mass is 16.5. The van der Waals surface area contributed by atoms with Gasteiger partial charge in [-0.25, -0.2) is 0 Å². The van der Waals surface area contributed by atoms with Gasteiger partial charge in [0, 0.05) is 60.8 Å². The predicted molar refractivity (Wildman–Crippen MR) is 108 cm³/mol. The number of ether oxygens (including phenoxy) is 2. The summed E-state index contributed by atoms with van der Waals surface area (Å²) in [5.41, 5.74) is 1.66. The maximum atomic E-state index is 13.9. The Balaban J connectivity index is 1.36. The van der Waals surface area contributed by atoms with Gasteiger partial charge in [-0.15, -0.1) is 0 Å². The van der Waals surface area contributed by atoms with Gasteiger partial charge >= 0.3 is 0 Å². The molecule has 0 amide bonds. The van der Waals surface area contributed by atoms with E-state index in [0.717, 1.165) is 85.5 Å². The van der Waals surface area contributed by atoms with E-state index in [1.54, 1.807) is 12.2 Å². The first-order valence-corrected chi connectivity index (χ1v) is 11.4. The van der Waals surface area contributed by atoms with E-state index < -0.39 is 0 Å². The predicted octanol–water partition coefficient (Wildman–Crippen LogP) is 4.45. The molecule has 6 aliphatic rings. The lowest BCUT2D eigenvalue weighted by molar-refractivity contribution is -0.116. The number of carbonyl (C=O) groups is 3. The fraction of sp³-hybridized carbons (Fsp3) is 0.560. The SMILES string of the molecule is O=C1C=C2O/C(=C(/C(=O)/C(=C3\CC4CCC(=O)C=C4O3)C3CC3)C3CC3)CC2CC1. The summed E-state index contributed by atoms with van der Waals surface area (Å²) in [6, 6.07) is 0. The van der Waals surface area contributed by atoms with Gasteiger partial charge in [0.05, 0.1) is 0 Å². The van der Waals surface area contributed by atoms with E-state index >= 15 is 0 Å². The Kier molecular flexibility index (Phi) is 4.15. The van der Waals surface area contributed by atoms with Crippen LogP contribution in [0, 0.1) is 23.7 Å². The molecule has 0 aromatic rings. The Bertz CT molecular complexity index is 905. The van der Waals surface area contributed by atoms with E-state index in [2.05, 4.69) is 0 Å². The number of carbonyl (C=O) groups excluding carboxylic acids is 3. The lowest BCUT2D eigenvalue weighted by Gasteiger charge is -2.14. The molecule has 30 heavy (non-hydrogen) atoms. The first-order chi connectivity index (χ1) is 14.6. The molecule has 2 atom stereocenters. The standard InChI is InChI=1S/C25H26O5/c26-17-7-5-15-9-21(29-19(15)11-17)23(13-1-2-13)25(28)24(14-3-4-14)22-10-16-6-8-18(27)12-20(16)30-22/h11-16H,1-10H2/b23-21+,24-22+. The Hall–Kier alpha value is -2.43. The van der Waals surface area contributed by atoms with Crippen molar-refractivity contribution in [1.82, 2.24) is 0 Å². The molecule has 0 radical (unpaired) electrons. The average Bonchev–Trinajstić information content (AvgIpc) is 3.62. The zero-order valence-corrected chi connectivity index (χ0v) is 17.1. The topological polar surface area (TPSA) is 69.7 Å². The molecule has 4 fully saturated rings. The van der Waals surface area contributed by atoms with Gasteiger partial charge in [-0.2, -0.15) is 0 Å². The molecule has 5 nitrogen and oxygen atoms in total. The molecule has 6 rings (SSSR count). The molecule has 0 bridgehead atoms. The third-order valence-corrected chi connectivity index (χ3v) is 7.30. The van der Waals surface area contributed by atoms with Crippen molar-refractivity contribution in [3.05, 3.63) is 46.3 Å². The smallest absolute Gasteiger partial charge is 0.192 e. The average molecular weight is 406 g/mol. The van der Waals surface area contributed by atoms with Gasteiger partial charge in [-0.05, 0) is 50.4 Å². The number of Topliss-reactive ketones (excluding diaryl/α,β-unsaturated/α-hetero) is 1. The van der Waals surface area contributed by atoms with Crippen LogP contribution in [0.15, 0.2) is 46.3 Å². The molecule has 0 N–H and O–H groups in total. The fourth-order valence-electron chi connectivity index (χ4n) is 5.36. The molecule has 2 aliphatic heterocycles. The molecule has 0 aromatic heterocycles. The third kappa shape index (κ3) is 3.19. The maximum Gasteiger partial charge on any atom is 0.192 e. The number of hydrogen-bond donors (Lipinski definition) is 0. The second-order valence-corrected chi connectivity index (χ2v) is 9.66. The minimum atomic E-state index is 0.0983. The molecule has 5 heteroatoms. The van der Waals surface area contributed by atoms with Crippen LogP contribution in [0.4, 0.5) is 0 Å². The second kappa shape index (κ2) is 6.79. The number of ketones is 3. The maximum absolute atomic E-state index is 13.9. The van der Waals surface area contributed by atoms with E-state index in [0.29, 0.717) is 12.8 Å². The Labute approximate surface area is 175 Å². The van der Waals surface area contributed by atoms with Crippen LogP contribution in [0.1, 0.15) is 64.2 Å². The summed E-state index contributed by atoms with van der Waals surface area (Å²) in [5.74, 6) is 4.41. The highest BCUT2D eigenvalue weighted by Crippen LogP contribution is 2.51. The van der Waals surface area contributed by atoms with Crippen molar-refractivity contribution in [2.24, 2.45) is 23.7 Å². The Morgan fingerprint density at radius 2 is 1.13 bits per heavy atom. The van der Waals surface area contributed by atoms with Crippen LogP contribution in [0.3, 0.4) is 0 Å². The molecular weight excluding hydrogens is 380 g/mol. The summed E-state index contributed by atoms with van der Waals surface area (Å²) in [7, 11) is 0. The van der Waals surface area contributed by atoms with Crippen molar-refractivity contribution >= 4 is 17.3 Å². The molecule has 156 valence electrons. The van der Waals surface area contributed by atoms with Gasteiger partial charge in [-0.1, -0.05) is 0 Å². The van der Waals surface area contributed by atoms with Crippen LogP contribution in [0.5, 0.6) is 0 Å². The van der Waals surface area contributed by atoms with Crippen molar-refractivity contribution in [3.63, 3.8) is 0 Å². The normalized spacial score (nSPS) is 33.7. The number of fused-ring (bicyclic) bond motifs is 2. The summed E-state index contributed by atoms with van der Waals surface area (Å²) in [6.07, 6.45) is 11.6. The highest BCUT2D eigenvalue weighted by molar-refractivity contribution is 6.10. The number of rotatable bonds is 4. The zero-order chi connectivity index (χ0) is 20.4. The zero-order valence-electron chi connectivity index (χ0n) is 17.1. The summed E-state index contributed by atoms with van der Waals surface area (Å²) in [6.45, 7) is 0. The first-order valence-electron chi connectivity index (χ1n) is 11.4. The number of hydrogen-bond acceptors (Lipinski definition) is 5. The second-order valence-electron chi connectivity index (χ2n) is 9.66. The van der Waals surface area contributed by atoms with E-state index in [4.69, 9.17) is 9.47 Å². The summed E-state index contributed by atoms with van der Waals surface area (Å²) in [4.78, 5) is 37.5. The van der Waals surface area contributed by atoms with Gasteiger partial charge in [0.25, 0.3) is 0 Å². The molecular formula is C25H26O5. The summed E-state index contributed by atoms with van der Waals surface area (Å²) in [5, 5.41) is 0. The van der Waals surface area contributed by atoms with Crippen LogP contribution < -0.4 is 0 Å². The van der Waals surface area contributed by atoms with Crippen LogP contribution in [-0.4, -0.2) is 17.3 Å². The quantitative estimate of drug-likeness (QED) is 0.645. The van der Waals surface area contributed by atoms with E-state index in [1.807, 2.05) is 0 Å². The van der Waals surface area contributed by atoms with Gasteiger partial charge in [-0.3, -0.25) is 14.4 Å². The lowest BCUT2D eigenvalue weighted by atomic mass is 9.87. The van der Waals surface area contributed by atoms with Crippen molar-refractivity contribution in [3.8, 4) is 0 Å². The number of allylic oxidation sites excluding steroid dienone is 8. The molecule has 2 saturated heterocycles. The van der Waals surface area contributed by atoms with E-state index in [-0.39, 0.29) is 41.0 Å². The van der Waals surface area contributed by atoms with Crippen LogP contribution >= 0.6 is 0 Å². The van der Waals surface area contributed by atoms with Crippen molar-refractivity contribution in [2.75, 3.05) is 0 Å². The van der Waals surface area contributed by atoms with Crippen LogP contribution in [0.25, 0.3) is 0 Å². The van der Waals surface area contributed by atoms with Gasteiger partial charge in [0.2, 0.25) is 0 Å². The molecule has 2 heterocycles. The molecule has 4 aliphatic carbocycles. The van der Waals surface area contributed by atoms with Crippen molar-refractivity contribution in [1.29, 1.82) is 0 Å². The molecule has 0 spiro atoms. The molecule has 2 saturated carbocycles. The largest absolute Gasteiger partial charge is 0.465 e. The fourth-order valence-corrected chi connectivity index (χ4v) is 5.36. The first kappa shape index (κ1) is 18.3. The Morgan fingerprint density at radius 3 is 1.53 bits per heavy atom. The Morgan fingerprint density at radius 1 is 0.700 bits per heavy atom. The molecule has 2 unspecified atom stereocenters. The third-order valence-electron chi connectivity index (χ3n) is 7.30. The van der Waals surface area contributed by atoms with E-state index in [1.165, 1.54) is 0 Å². The van der Waals surface area contributed by atoms with Crippen LogP contribution in [0.2, 0.25) is 0 Å². The van der Waals surface area contributed by atoms with E-state index in [9.17, 15) is 14.4 Å². The van der Waals surface area contributed by atoms with Crippen molar-refractivity contribution in [2.45, 2.75) is 64.2 Å². The van der Waals surface area contributed by atoms with Gasteiger partial charge < -0.3 is 9.47 Å². The summed E-state index contributed by atoms with van der Waals surface area (Å²) < 4.78 is 12.2. The molecule has 0 aromatic carbocycles. The van der Waals surface area contributed by atoms with Crippen molar-refractivity contribution < 1.29 is 23.9 Å². The summed E-state index contributed by atoms with van der Waals surface area (Å²) >= 11 is 0. The van der Waals surface area contributed by atoms with Crippen LogP contribution in [-0.2, 0) is 23.9 Å². The minimum Gasteiger partial charge on any atom is -0.465 e.